The first-order chi connectivity index (χ1) is 10.1. The zero-order valence-electron chi connectivity index (χ0n) is 12.5. The fourth-order valence-corrected chi connectivity index (χ4v) is 3.72. The second-order valence-electron chi connectivity index (χ2n) is 6.01. The Bertz CT molecular complexity index is 629. The molecule has 1 aromatic carbocycles. The molecule has 0 unspecified atom stereocenters. The summed E-state index contributed by atoms with van der Waals surface area (Å²) in [5, 5.41) is 10.4. The summed E-state index contributed by atoms with van der Waals surface area (Å²) in [5.74, 6) is 0. The zero-order valence-corrected chi connectivity index (χ0v) is 13.4. The minimum atomic E-state index is -0.359. The van der Waals surface area contributed by atoms with Gasteiger partial charge in [-0.3, -0.25) is 9.80 Å². The van der Waals surface area contributed by atoms with E-state index in [-0.39, 0.29) is 5.54 Å². The van der Waals surface area contributed by atoms with E-state index >= 15 is 0 Å². The van der Waals surface area contributed by atoms with Crippen LogP contribution in [0.4, 0.5) is 0 Å². The maximum Gasteiger partial charge on any atom is 0.108 e. The number of hydrogen-bond donors (Lipinski definition) is 0. The second-order valence-corrected chi connectivity index (χ2v) is 7.12. The van der Waals surface area contributed by atoms with Gasteiger partial charge in [-0.25, -0.2) is 4.98 Å². The molecule has 1 aliphatic rings. The lowest BCUT2D eigenvalue weighted by atomic mass is 10.0. The van der Waals surface area contributed by atoms with Gasteiger partial charge in [0.1, 0.15) is 10.5 Å². The van der Waals surface area contributed by atoms with E-state index < -0.39 is 0 Å². The van der Waals surface area contributed by atoms with Gasteiger partial charge in [0.2, 0.25) is 0 Å². The Morgan fingerprint density at radius 2 is 1.95 bits per heavy atom. The number of para-hydroxylation sites is 1. The highest BCUT2D eigenvalue weighted by Crippen LogP contribution is 2.23. The Morgan fingerprint density at radius 3 is 2.62 bits per heavy atom. The van der Waals surface area contributed by atoms with Gasteiger partial charge < -0.3 is 0 Å². The van der Waals surface area contributed by atoms with Gasteiger partial charge in [0, 0.05) is 26.2 Å². The Hall–Kier alpha value is -1.48. The molecule has 1 aromatic heterocycles. The van der Waals surface area contributed by atoms with Gasteiger partial charge >= 0.3 is 0 Å². The first-order valence-electron chi connectivity index (χ1n) is 7.31. The van der Waals surface area contributed by atoms with Crippen LogP contribution in [0.25, 0.3) is 10.2 Å². The Balaban J connectivity index is 1.62. The molecule has 5 heteroatoms. The Morgan fingerprint density at radius 1 is 1.24 bits per heavy atom. The molecule has 1 fully saturated rings. The number of fused-ring (bicyclic) bond motifs is 1. The molecule has 2 heterocycles. The van der Waals surface area contributed by atoms with E-state index in [1.54, 1.807) is 11.3 Å². The van der Waals surface area contributed by atoms with Crippen molar-refractivity contribution in [3.63, 3.8) is 0 Å². The highest BCUT2D eigenvalue weighted by molar-refractivity contribution is 7.18. The summed E-state index contributed by atoms with van der Waals surface area (Å²) < 4.78 is 1.26. The maximum atomic E-state index is 9.21. The van der Waals surface area contributed by atoms with E-state index in [9.17, 15) is 5.26 Å². The number of thiazole rings is 1. The van der Waals surface area contributed by atoms with Crippen molar-refractivity contribution in [2.24, 2.45) is 0 Å². The molecule has 1 saturated heterocycles. The van der Waals surface area contributed by atoms with Crippen molar-refractivity contribution in [2.75, 3.05) is 26.2 Å². The van der Waals surface area contributed by atoms with Crippen LogP contribution in [0, 0.1) is 11.3 Å². The smallest absolute Gasteiger partial charge is 0.108 e. The molecule has 2 aromatic rings. The normalized spacial score (nSPS) is 18.0. The van der Waals surface area contributed by atoms with Crippen LogP contribution < -0.4 is 0 Å². The predicted octanol–water partition coefficient (Wildman–Crippen LogP) is 2.72. The summed E-state index contributed by atoms with van der Waals surface area (Å²) in [6.07, 6.45) is 0. The number of aromatic nitrogens is 1. The number of nitriles is 1. The van der Waals surface area contributed by atoms with Crippen LogP contribution >= 0.6 is 11.3 Å². The van der Waals surface area contributed by atoms with Crippen molar-refractivity contribution in [1.29, 1.82) is 5.26 Å². The molecule has 0 N–H and O–H groups in total. The van der Waals surface area contributed by atoms with Crippen LogP contribution in [0.15, 0.2) is 24.3 Å². The third kappa shape index (κ3) is 3.08. The monoisotopic (exact) mass is 300 g/mol. The summed E-state index contributed by atoms with van der Waals surface area (Å²) in [4.78, 5) is 9.40. The molecule has 0 saturated carbocycles. The molecular weight excluding hydrogens is 280 g/mol. The number of rotatable bonds is 3. The van der Waals surface area contributed by atoms with E-state index in [0.29, 0.717) is 0 Å². The molecular formula is C16H20N4S. The molecule has 0 amide bonds. The SMILES string of the molecule is CC(C)(C#N)N1CCN(Cc2nc3ccccc3s2)CC1. The molecule has 110 valence electrons. The molecule has 3 rings (SSSR count). The summed E-state index contributed by atoms with van der Waals surface area (Å²) >= 11 is 1.78. The summed E-state index contributed by atoms with van der Waals surface area (Å²) in [6, 6.07) is 10.7. The van der Waals surface area contributed by atoms with E-state index in [0.717, 1.165) is 38.2 Å². The maximum absolute atomic E-state index is 9.21. The molecule has 0 spiro atoms. The summed E-state index contributed by atoms with van der Waals surface area (Å²) in [6.45, 7) is 8.81. The van der Waals surface area contributed by atoms with Gasteiger partial charge in [-0.2, -0.15) is 5.26 Å². The van der Waals surface area contributed by atoms with Crippen molar-refractivity contribution < 1.29 is 0 Å². The first kappa shape index (κ1) is 14.5. The van der Waals surface area contributed by atoms with Crippen molar-refractivity contribution >= 4 is 21.6 Å². The minimum Gasteiger partial charge on any atom is -0.294 e. The van der Waals surface area contributed by atoms with Crippen LogP contribution in [-0.4, -0.2) is 46.5 Å². The van der Waals surface area contributed by atoms with Gasteiger partial charge in [0.25, 0.3) is 0 Å². The highest BCUT2D eigenvalue weighted by atomic mass is 32.1. The third-order valence-electron chi connectivity index (χ3n) is 4.13. The first-order valence-corrected chi connectivity index (χ1v) is 8.13. The number of nitrogens with zero attached hydrogens (tertiary/aromatic N) is 4. The van der Waals surface area contributed by atoms with Crippen molar-refractivity contribution in [3.05, 3.63) is 29.3 Å². The van der Waals surface area contributed by atoms with Crippen LogP contribution in [0.5, 0.6) is 0 Å². The minimum absolute atomic E-state index is 0.359. The Labute approximate surface area is 129 Å². The van der Waals surface area contributed by atoms with Crippen LogP contribution in [0.1, 0.15) is 18.9 Å². The Kier molecular flexibility index (Phi) is 3.94. The number of hydrogen-bond acceptors (Lipinski definition) is 5. The van der Waals surface area contributed by atoms with Gasteiger partial charge in [-0.15, -0.1) is 11.3 Å². The molecule has 21 heavy (non-hydrogen) atoms. The molecule has 4 nitrogen and oxygen atoms in total. The lowest BCUT2D eigenvalue weighted by molar-refractivity contribution is 0.0764. The molecule has 0 radical (unpaired) electrons. The van der Waals surface area contributed by atoms with Crippen LogP contribution in [0.2, 0.25) is 0 Å². The lowest BCUT2D eigenvalue weighted by Gasteiger charge is -2.40. The largest absolute Gasteiger partial charge is 0.294 e. The highest BCUT2D eigenvalue weighted by Gasteiger charge is 2.29. The van der Waals surface area contributed by atoms with Crippen molar-refractivity contribution in [3.8, 4) is 6.07 Å². The molecule has 0 aliphatic carbocycles. The average Bonchev–Trinajstić information content (AvgIpc) is 2.90. The van der Waals surface area contributed by atoms with Crippen LogP contribution in [-0.2, 0) is 6.54 Å². The average molecular weight is 300 g/mol. The fourth-order valence-electron chi connectivity index (χ4n) is 2.71. The van der Waals surface area contributed by atoms with Crippen molar-refractivity contribution in [1.82, 2.24) is 14.8 Å². The molecule has 0 bridgehead atoms. The summed E-state index contributed by atoms with van der Waals surface area (Å²) in [7, 11) is 0. The lowest BCUT2D eigenvalue weighted by Crippen LogP contribution is -2.53. The standard InChI is InChI=1S/C16H20N4S/c1-16(2,12-17)20-9-7-19(8-10-20)11-15-18-13-5-3-4-6-14(13)21-15/h3-6H,7-11H2,1-2H3. The quantitative estimate of drug-likeness (QED) is 0.874. The number of benzene rings is 1. The topological polar surface area (TPSA) is 43.2 Å². The second kappa shape index (κ2) is 5.72. The van der Waals surface area contributed by atoms with Gasteiger partial charge in [-0.05, 0) is 26.0 Å². The molecule has 0 atom stereocenters. The third-order valence-corrected chi connectivity index (χ3v) is 5.15. The van der Waals surface area contributed by atoms with E-state index in [4.69, 9.17) is 4.98 Å². The summed E-state index contributed by atoms with van der Waals surface area (Å²) in [5.41, 5.74) is 0.740. The van der Waals surface area contributed by atoms with Gasteiger partial charge in [-0.1, -0.05) is 12.1 Å². The number of piperazine rings is 1. The van der Waals surface area contributed by atoms with E-state index in [1.165, 1.54) is 9.71 Å². The van der Waals surface area contributed by atoms with Gasteiger partial charge in [0.05, 0.1) is 22.8 Å². The fraction of sp³-hybridized carbons (Fsp3) is 0.500. The van der Waals surface area contributed by atoms with Crippen molar-refractivity contribution in [2.45, 2.75) is 25.9 Å². The van der Waals surface area contributed by atoms with Gasteiger partial charge in [0.15, 0.2) is 0 Å². The zero-order chi connectivity index (χ0) is 14.9. The van der Waals surface area contributed by atoms with Crippen LogP contribution in [0.3, 0.4) is 0 Å². The van der Waals surface area contributed by atoms with E-state index in [1.807, 2.05) is 19.9 Å². The molecule has 1 aliphatic heterocycles. The predicted molar refractivity (Wildman–Crippen MR) is 86.2 cm³/mol. The van der Waals surface area contributed by atoms with E-state index in [2.05, 4.69) is 34.1 Å².